The number of carbonyl (C=O) groups excluding carboxylic acids is 2. The number of nitrogens with one attached hydrogen (secondary N) is 1. The first-order chi connectivity index (χ1) is 10.7. The Bertz CT molecular complexity index is 422. The molecule has 0 aromatic rings. The highest BCUT2D eigenvalue weighted by molar-refractivity contribution is 5.88. The van der Waals surface area contributed by atoms with Crippen molar-refractivity contribution in [2.24, 2.45) is 23.5 Å². The monoisotopic (exact) mass is 343 g/mol. The maximum Gasteiger partial charge on any atom is 0.226 e. The second-order valence-electron chi connectivity index (χ2n) is 7.22. The third-order valence-corrected chi connectivity index (χ3v) is 5.61. The number of rotatable bonds is 5. The van der Waals surface area contributed by atoms with Crippen molar-refractivity contribution in [3.8, 4) is 0 Å². The van der Waals surface area contributed by atoms with Crippen LogP contribution in [0.2, 0.25) is 0 Å². The number of nitrogens with zero attached hydrogens (tertiary/aromatic N) is 1. The van der Waals surface area contributed by atoms with Crippen LogP contribution in [0.25, 0.3) is 0 Å². The van der Waals surface area contributed by atoms with E-state index in [9.17, 15) is 9.59 Å². The van der Waals surface area contributed by atoms with E-state index in [0.717, 1.165) is 51.6 Å². The van der Waals surface area contributed by atoms with Gasteiger partial charge in [-0.25, -0.2) is 0 Å². The number of carbonyl (C=O) groups is 2. The summed E-state index contributed by atoms with van der Waals surface area (Å²) < 4.78 is 0. The molecule has 132 valence electrons. The molecule has 3 unspecified atom stereocenters. The molecule has 3 fully saturated rings. The number of hydrogen-bond acceptors (Lipinski definition) is 3. The molecule has 3 aliphatic rings. The highest BCUT2D eigenvalue weighted by Gasteiger charge is 2.40. The molecular formula is C17H30ClN3O2. The minimum absolute atomic E-state index is 0. The van der Waals surface area contributed by atoms with Crippen molar-refractivity contribution in [2.75, 3.05) is 19.6 Å². The summed E-state index contributed by atoms with van der Waals surface area (Å²) in [5.41, 5.74) is 5.80. The predicted molar refractivity (Wildman–Crippen MR) is 92.2 cm³/mol. The molecule has 1 heterocycles. The van der Waals surface area contributed by atoms with Crippen LogP contribution < -0.4 is 11.1 Å². The van der Waals surface area contributed by atoms with Gasteiger partial charge in [-0.2, -0.15) is 0 Å². The summed E-state index contributed by atoms with van der Waals surface area (Å²) in [5.74, 6) is 0.595. The molecule has 23 heavy (non-hydrogen) atoms. The first-order valence-electron chi connectivity index (χ1n) is 9.00. The first-order valence-corrected chi connectivity index (χ1v) is 9.00. The lowest BCUT2D eigenvalue weighted by Crippen LogP contribution is -2.49. The van der Waals surface area contributed by atoms with Crippen LogP contribution in [0.4, 0.5) is 0 Å². The third-order valence-electron chi connectivity index (χ3n) is 5.61. The Kier molecular flexibility index (Phi) is 6.72. The predicted octanol–water partition coefficient (Wildman–Crippen LogP) is 1.69. The summed E-state index contributed by atoms with van der Waals surface area (Å²) in [7, 11) is 0. The molecule has 1 saturated heterocycles. The summed E-state index contributed by atoms with van der Waals surface area (Å²) in [6.07, 6.45) is 8.38. The van der Waals surface area contributed by atoms with Crippen LogP contribution in [0.5, 0.6) is 0 Å². The number of amides is 2. The van der Waals surface area contributed by atoms with Crippen molar-refractivity contribution >= 4 is 24.2 Å². The van der Waals surface area contributed by atoms with Crippen molar-refractivity contribution in [1.82, 2.24) is 10.2 Å². The summed E-state index contributed by atoms with van der Waals surface area (Å²) in [6.45, 7) is 2.25. The second-order valence-corrected chi connectivity index (χ2v) is 7.22. The van der Waals surface area contributed by atoms with Crippen LogP contribution in [0.3, 0.4) is 0 Å². The van der Waals surface area contributed by atoms with Gasteiger partial charge in [0.1, 0.15) is 0 Å². The molecule has 2 aliphatic carbocycles. The quantitative estimate of drug-likeness (QED) is 0.797. The maximum absolute atomic E-state index is 12.7. The largest absolute Gasteiger partial charge is 0.352 e. The van der Waals surface area contributed by atoms with Gasteiger partial charge in [0.05, 0.1) is 0 Å². The van der Waals surface area contributed by atoms with Crippen LogP contribution in [0.1, 0.15) is 51.4 Å². The van der Waals surface area contributed by atoms with E-state index in [1.165, 1.54) is 12.8 Å². The zero-order valence-corrected chi connectivity index (χ0v) is 14.7. The van der Waals surface area contributed by atoms with Crippen LogP contribution in [-0.4, -0.2) is 42.4 Å². The van der Waals surface area contributed by atoms with E-state index in [1.807, 2.05) is 4.90 Å². The molecule has 5 nitrogen and oxygen atoms in total. The molecule has 3 rings (SSSR count). The van der Waals surface area contributed by atoms with Crippen LogP contribution >= 0.6 is 12.4 Å². The molecular weight excluding hydrogens is 314 g/mol. The molecule has 0 aromatic heterocycles. The van der Waals surface area contributed by atoms with E-state index in [0.29, 0.717) is 12.5 Å². The number of likely N-dealkylation sites (tertiary alicyclic amines) is 1. The van der Waals surface area contributed by atoms with Gasteiger partial charge in [-0.3, -0.25) is 9.59 Å². The molecule has 3 atom stereocenters. The van der Waals surface area contributed by atoms with E-state index in [4.69, 9.17) is 5.73 Å². The van der Waals surface area contributed by atoms with Gasteiger partial charge in [0.15, 0.2) is 0 Å². The number of halogens is 1. The Morgan fingerprint density at radius 2 is 1.61 bits per heavy atom. The average molecular weight is 344 g/mol. The van der Waals surface area contributed by atoms with Crippen LogP contribution in [0.15, 0.2) is 0 Å². The molecule has 3 N–H and O–H groups in total. The van der Waals surface area contributed by atoms with E-state index in [1.54, 1.807) is 0 Å². The Hall–Kier alpha value is -0.810. The van der Waals surface area contributed by atoms with Gasteiger partial charge in [0, 0.05) is 37.5 Å². The number of nitrogens with two attached hydrogens (primary N) is 1. The van der Waals surface area contributed by atoms with Gasteiger partial charge < -0.3 is 16.0 Å². The van der Waals surface area contributed by atoms with E-state index in [2.05, 4.69) is 5.32 Å². The SMILES string of the molecule is Cl.NCC(NC(=O)C1CCCCC1C(=O)N1CCCC1)C1CC1. The summed E-state index contributed by atoms with van der Waals surface area (Å²) in [5, 5.41) is 3.14. The van der Waals surface area contributed by atoms with Crippen molar-refractivity contribution in [3.63, 3.8) is 0 Å². The van der Waals surface area contributed by atoms with Gasteiger partial charge in [0.2, 0.25) is 11.8 Å². The topological polar surface area (TPSA) is 75.4 Å². The molecule has 2 amide bonds. The molecule has 0 spiro atoms. The maximum atomic E-state index is 12.7. The van der Waals surface area contributed by atoms with Gasteiger partial charge in [-0.1, -0.05) is 12.8 Å². The molecule has 0 bridgehead atoms. The van der Waals surface area contributed by atoms with Crippen molar-refractivity contribution in [1.29, 1.82) is 0 Å². The zero-order chi connectivity index (χ0) is 15.5. The lowest BCUT2D eigenvalue weighted by Gasteiger charge is -2.33. The normalized spacial score (nSPS) is 28.8. The Morgan fingerprint density at radius 3 is 2.17 bits per heavy atom. The van der Waals surface area contributed by atoms with Gasteiger partial charge in [0.25, 0.3) is 0 Å². The Labute approximate surface area is 145 Å². The average Bonchev–Trinajstić information content (AvgIpc) is 3.25. The Morgan fingerprint density at radius 1 is 1.00 bits per heavy atom. The minimum Gasteiger partial charge on any atom is -0.352 e. The van der Waals surface area contributed by atoms with Crippen LogP contribution in [-0.2, 0) is 9.59 Å². The summed E-state index contributed by atoms with van der Waals surface area (Å²) in [6, 6.07) is 0.108. The van der Waals surface area contributed by atoms with Crippen molar-refractivity contribution < 1.29 is 9.59 Å². The van der Waals surface area contributed by atoms with E-state index >= 15 is 0 Å². The second kappa shape index (κ2) is 8.34. The molecule has 6 heteroatoms. The lowest BCUT2D eigenvalue weighted by atomic mass is 9.77. The minimum atomic E-state index is -0.144. The molecule has 0 aromatic carbocycles. The fraction of sp³-hybridized carbons (Fsp3) is 0.882. The van der Waals surface area contributed by atoms with Gasteiger partial charge in [-0.15, -0.1) is 12.4 Å². The summed E-state index contributed by atoms with van der Waals surface area (Å²) >= 11 is 0. The summed E-state index contributed by atoms with van der Waals surface area (Å²) in [4.78, 5) is 27.4. The highest BCUT2D eigenvalue weighted by atomic mass is 35.5. The first kappa shape index (κ1) is 18.5. The molecule has 0 radical (unpaired) electrons. The zero-order valence-electron chi connectivity index (χ0n) is 13.8. The molecule has 2 saturated carbocycles. The lowest BCUT2D eigenvalue weighted by molar-refractivity contribution is -0.143. The van der Waals surface area contributed by atoms with Gasteiger partial charge in [-0.05, 0) is 44.4 Å². The number of hydrogen-bond donors (Lipinski definition) is 2. The Balaban J connectivity index is 0.00000192. The standard InChI is InChI=1S/C17H29N3O2.ClH/c18-11-15(12-7-8-12)19-16(21)13-5-1-2-6-14(13)17(22)20-9-3-4-10-20;/h12-15H,1-11,18H2,(H,19,21);1H. The van der Waals surface area contributed by atoms with E-state index < -0.39 is 0 Å². The molecule has 1 aliphatic heterocycles. The van der Waals surface area contributed by atoms with E-state index in [-0.39, 0.29) is 42.1 Å². The smallest absolute Gasteiger partial charge is 0.226 e. The van der Waals surface area contributed by atoms with Crippen LogP contribution in [0, 0.1) is 17.8 Å². The highest BCUT2D eigenvalue weighted by Crippen LogP contribution is 2.35. The van der Waals surface area contributed by atoms with Gasteiger partial charge >= 0.3 is 0 Å². The fourth-order valence-corrected chi connectivity index (χ4v) is 4.07. The third kappa shape index (κ3) is 4.38. The van der Waals surface area contributed by atoms with Crippen molar-refractivity contribution in [2.45, 2.75) is 57.4 Å². The fourth-order valence-electron chi connectivity index (χ4n) is 4.07. The van der Waals surface area contributed by atoms with Crippen molar-refractivity contribution in [3.05, 3.63) is 0 Å².